The summed E-state index contributed by atoms with van der Waals surface area (Å²) < 4.78 is 4.17. The molecule has 0 spiro atoms. The van der Waals surface area contributed by atoms with Gasteiger partial charge in [-0.3, -0.25) is 19.4 Å². The van der Waals surface area contributed by atoms with E-state index in [1.54, 1.807) is 11.6 Å². The summed E-state index contributed by atoms with van der Waals surface area (Å²) in [6, 6.07) is 10.1. The first-order valence-electron chi connectivity index (χ1n) is 7.71. The quantitative estimate of drug-likeness (QED) is 0.520. The molecule has 24 heavy (non-hydrogen) atoms. The van der Waals surface area contributed by atoms with Gasteiger partial charge in [0.15, 0.2) is 11.2 Å². The summed E-state index contributed by atoms with van der Waals surface area (Å²) in [4.78, 5) is 28.8. The molecule has 3 rings (SSSR count). The van der Waals surface area contributed by atoms with Crippen molar-refractivity contribution < 1.29 is 0 Å². The summed E-state index contributed by atoms with van der Waals surface area (Å²) in [5.41, 5.74) is 3.66. The van der Waals surface area contributed by atoms with Crippen molar-refractivity contribution in [1.82, 2.24) is 18.7 Å². The minimum atomic E-state index is -0.412. The first-order chi connectivity index (χ1) is 11.5. The standard InChI is InChI=1S/C16H20N6O2/c1-20-13-12(14(23)21(2)16(20)24)22(15(18-13)19-17)10-6-9-11-7-4-3-5-8-11/h3-5,7-8H,6,9-10,17H2,1-2H3,(H,18,19). The van der Waals surface area contributed by atoms with Crippen LogP contribution in [0.25, 0.3) is 11.2 Å². The third-order valence-electron chi connectivity index (χ3n) is 4.17. The Morgan fingerprint density at radius 1 is 1.12 bits per heavy atom. The Hall–Kier alpha value is -2.87. The maximum atomic E-state index is 12.5. The number of benzene rings is 1. The number of hydrazine groups is 1. The van der Waals surface area contributed by atoms with Crippen LogP contribution in [0.5, 0.6) is 0 Å². The molecule has 0 radical (unpaired) electrons. The average molecular weight is 328 g/mol. The summed E-state index contributed by atoms with van der Waals surface area (Å²) in [5.74, 6) is 5.92. The van der Waals surface area contributed by atoms with Crippen LogP contribution in [0, 0.1) is 0 Å². The van der Waals surface area contributed by atoms with Gasteiger partial charge in [-0.15, -0.1) is 0 Å². The third kappa shape index (κ3) is 2.61. The fourth-order valence-corrected chi connectivity index (χ4v) is 2.86. The van der Waals surface area contributed by atoms with E-state index in [1.165, 1.54) is 17.2 Å². The molecule has 3 aromatic rings. The lowest BCUT2D eigenvalue weighted by Gasteiger charge is -2.09. The van der Waals surface area contributed by atoms with E-state index in [1.807, 2.05) is 18.2 Å². The Balaban J connectivity index is 2.00. The second-order valence-corrected chi connectivity index (χ2v) is 5.70. The molecule has 0 amide bonds. The number of rotatable bonds is 5. The van der Waals surface area contributed by atoms with Crippen LogP contribution in [0.2, 0.25) is 0 Å². The normalized spacial score (nSPS) is 11.1. The lowest BCUT2D eigenvalue weighted by atomic mass is 10.1. The van der Waals surface area contributed by atoms with Gasteiger partial charge in [0.2, 0.25) is 5.95 Å². The first kappa shape index (κ1) is 16.0. The second kappa shape index (κ2) is 6.32. The van der Waals surface area contributed by atoms with Crippen LogP contribution in [0.3, 0.4) is 0 Å². The van der Waals surface area contributed by atoms with Crippen molar-refractivity contribution in [2.24, 2.45) is 19.9 Å². The van der Waals surface area contributed by atoms with Crippen molar-refractivity contribution >= 4 is 17.1 Å². The Morgan fingerprint density at radius 3 is 2.50 bits per heavy atom. The summed E-state index contributed by atoms with van der Waals surface area (Å²) in [5, 5.41) is 0. The van der Waals surface area contributed by atoms with Crippen LogP contribution in [-0.4, -0.2) is 18.7 Å². The third-order valence-corrected chi connectivity index (χ3v) is 4.17. The van der Waals surface area contributed by atoms with Gasteiger partial charge in [0, 0.05) is 20.6 Å². The smallest absolute Gasteiger partial charge is 0.303 e. The number of aryl methyl sites for hydroxylation is 3. The highest BCUT2D eigenvalue weighted by molar-refractivity contribution is 5.74. The van der Waals surface area contributed by atoms with E-state index < -0.39 is 5.69 Å². The van der Waals surface area contributed by atoms with Gasteiger partial charge in [0.1, 0.15) is 0 Å². The second-order valence-electron chi connectivity index (χ2n) is 5.70. The summed E-state index contributed by atoms with van der Waals surface area (Å²) in [7, 11) is 3.05. The molecule has 8 heteroatoms. The van der Waals surface area contributed by atoms with Gasteiger partial charge in [0.05, 0.1) is 0 Å². The Morgan fingerprint density at radius 2 is 1.83 bits per heavy atom. The van der Waals surface area contributed by atoms with Crippen molar-refractivity contribution in [2.75, 3.05) is 5.43 Å². The van der Waals surface area contributed by atoms with Gasteiger partial charge in [-0.05, 0) is 18.4 Å². The molecule has 8 nitrogen and oxygen atoms in total. The minimum Gasteiger partial charge on any atom is -0.303 e. The van der Waals surface area contributed by atoms with Gasteiger partial charge in [-0.1, -0.05) is 30.3 Å². The van der Waals surface area contributed by atoms with Crippen LogP contribution >= 0.6 is 0 Å². The lowest BCUT2D eigenvalue weighted by molar-refractivity contribution is 0.651. The number of aromatic nitrogens is 4. The predicted octanol–water partition coefficient (Wildman–Crippen LogP) is 0.352. The van der Waals surface area contributed by atoms with Crippen molar-refractivity contribution in [1.29, 1.82) is 0 Å². The van der Waals surface area contributed by atoms with Crippen molar-refractivity contribution in [2.45, 2.75) is 19.4 Å². The number of hydrogen-bond acceptors (Lipinski definition) is 5. The van der Waals surface area contributed by atoms with Gasteiger partial charge in [0.25, 0.3) is 5.56 Å². The number of hydrogen-bond donors (Lipinski definition) is 2. The van der Waals surface area contributed by atoms with Crippen molar-refractivity contribution in [3.8, 4) is 0 Å². The fourth-order valence-electron chi connectivity index (χ4n) is 2.86. The molecule has 0 bridgehead atoms. The Bertz CT molecular complexity index is 984. The highest BCUT2D eigenvalue weighted by atomic mass is 16.2. The van der Waals surface area contributed by atoms with E-state index >= 15 is 0 Å². The first-order valence-corrected chi connectivity index (χ1v) is 7.71. The maximum absolute atomic E-state index is 12.5. The van der Waals surface area contributed by atoms with E-state index in [0.29, 0.717) is 23.7 Å². The van der Waals surface area contributed by atoms with Crippen LogP contribution in [0.1, 0.15) is 12.0 Å². The molecule has 2 aromatic heterocycles. The number of imidazole rings is 1. The van der Waals surface area contributed by atoms with E-state index in [-0.39, 0.29) is 5.56 Å². The minimum absolute atomic E-state index is 0.329. The predicted molar refractivity (Wildman–Crippen MR) is 92.8 cm³/mol. The Labute approximate surface area is 138 Å². The topological polar surface area (TPSA) is 99.9 Å². The van der Waals surface area contributed by atoms with E-state index in [2.05, 4.69) is 22.5 Å². The zero-order valence-corrected chi connectivity index (χ0v) is 13.7. The molecule has 2 heterocycles. The molecule has 0 saturated carbocycles. The van der Waals surface area contributed by atoms with E-state index in [4.69, 9.17) is 5.84 Å². The fraction of sp³-hybridized carbons (Fsp3) is 0.312. The van der Waals surface area contributed by atoms with Gasteiger partial charge in [-0.2, -0.15) is 4.98 Å². The van der Waals surface area contributed by atoms with Crippen LogP contribution in [0.15, 0.2) is 39.9 Å². The van der Waals surface area contributed by atoms with Gasteiger partial charge in [-0.25, -0.2) is 10.6 Å². The van der Waals surface area contributed by atoms with E-state index in [9.17, 15) is 9.59 Å². The van der Waals surface area contributed by atoms with Crippen molar-refractivity contribution in [3.05, 3.63) is 56.7 Å². The van der Waals surface area contributed by atoms with Gasteiger partial charge >= 0.3 is 5.69 Å². The molecule has 0 fully saturated rings. The number of nitrogens with one attached hydrogen (secondary N) is 1. The molecule has 0 aliphatic carbocycles. The maximum Gasteiger partial charge on any atom is 0.332 e. The number of nitrogen functional groups attached to an aromatic ring is 1. The largest absolute Gasteiger partial charge is 0.332 e. The highest BCUT2D eigenvalue weighted by Gasteiger charge is 2.18. The SMILES string of the molecule is Cn1c(=O)c2c(nc(NN)n2CCCc2ccccc2)n(C)c1=O. The zero-order valence-electron chi connectivity index (χ0n) is 13.7. The van der Waals surface area contributed by atoms with Crippen LogP contribution in [-0.2, 0) is 27.1 Å². The molecule has 0 saturated heterocycles. The zero-order chi connectivity index (χ0) is 17.3. The number of nitrogens with zero attached hydrogens (tertiary/aromatic N) is 4. The molecular weight excluding hydrogens is 308 g/mol. The summed E-state index contributed by atoms with van der Waals surface area (Å²) >= 11 is 0. The van der Waals surface area contributed by atoms with Gasteiger partial charge < -0.3 is 4.57 Å². The molecule has 0 atom stereocenters. The van der Waals surface area contributed by atoms with Crippen LogP contribution < -0.4 is 22.5 Å². The molecule has 0 aliphatic heterocycles. The number of nitrogens with two attached hydrogens (primary N) is 1. The molecule has 0 unspecified atom stereocenters. The van der Waals surface area contributed by atoms with E-state index in [0.717, 1.165) is 17.4 Å². The lowest BCUT2D eigenvalue weighted by Crippen LogP contribution is -2.37. The molecule has 1 aromatic carbocycles. The molecule has 3 N–H and O–H groups in total. The highest BCUT2D eigenvalue weighted by Crippen LogP contribution is 2.16. The average Bonchev–Trinajstić information content (AvgIpc) is 2.98. The van der Waals surface area contributed by atoms with Crippen molar-refractivity contribution in [3.63, 3.8) is 0 Å². The van der Waals surface area contributed by atoms with Crippen LogP contribution in [0.4, 0.5) is 5.95 Å². The molecule has 126 valence electrons. The monoisotopic (exact) mass is 328 g/mol. The molecule has 0 aliphatic rings. The number of anilines is 1. The molecular formula is C16H20N6O2. The summed E-state index contributed by atoms with van der Waals surface area (Å²) in [6.07, 6.45) is 1.69. The number of fused-ring (bicyclic) bond motifs is 1. The summed E-state index contributed by atoms with van der Waals surface area (Å²) in [6.45, 7) is 0.568. The Kier molecular flexibility index (Phi) is 4.22.